The van der Waals surface area contributed by atoms with Gasteiger partial charge in [-0.15, -0.1) is 10.2 Å². The van der Waals surface area contributed by atoms with Gasteiger partial charge >= 0.3 is 0 Å². The third kappa shape index (κ3) is 4.02. The first-order valence-corrected chi connectivity index (χ1v) is 8.91. The maximum atomic E-state index is 12.8. The van der Waals surface area contributed by atoms with E-state index in [9.17, 15) is 4.79 Å². The first-order valence-electron chi connectivity index (χ1n) is 8.53. The SMILES string of the molecule is CN(C)Cc1nnc([C@@H]2CCCN(C(=O)c3ccc(Cl)cc3)C2)n1C. The number of nitrogens with zero attached hydrogens (tertiary/aromatic N) is 5. The molecule has 25 heavy (non-hydrogen) atoms. The van der Waals surface area contributed by atoms with Gasteiger partial charge in [0.05, 0.1) is 6.54 Å². The molecule has 1 fully saturated rings. The molecule has 0 radical (unpaired) electrons. The number of rotatable bonds is 4. The van der Waals surface area contributed by atoms with Crippen LogP contribution in [0.25, 0.3) is 0 Å². The van der Waals surface area contributed by atoms with E-state index in [1.807, 2.05) is 26.0 Å². The average molecular weight is 362 g/mol. The molecule has 0 aliphatic carbocycles. The van der Waals surface area contributed by atoms with Crippen molar-refractivity contribution in [2.45, 2.75) is 25.3 Å². The molecule has 1 aliphatic rings. The fourth-order valence-electron chi connectivity index (χ4n) is 3.30. The molecule has 0 saturated carbocycles. The second-order valence-electron chi connectivity index (χ2n) is 6.87. The minimum atomic E-state index is 0.0528. The van der Waals surface area contributed by atoms with Gasteiger partial charge in [0.2, 0.25) is 0 Å². The molecular formula is C18H24ClN5O. The number of hydrogen-bond acceptors (Lipinski definition) is 4. The van der Waals surface area contributed by atoms with Crippen molar-refractivity contribution < 1.29 is 4.79 Å². The number of carbonyl (C=O) groups excluding carboxylic acids is 1. The van der Waals surface area contributed by atoms with Crippen molar-refractivity contribution in [1.29, 1.82) is 0 Å². The molecule has 0 spiro atoms. The minimum Gasteiger partial charge on any atom is -0.338 e. The van der Waals surface area contributed by atoms with Crippen LogP contribution in [0.2, 0.25) is 5.02 Å². The van der Waals surface area contributed by atoms with E-state index in [-0.39, 0.29) is 11.8 Å². The van der Waals surface area contributed by atoms with Crippen LogP contribution in [0, 0.1) is 0 Å². The molecule has 1 aromatic carbocycles. The van der Waals surface area contributed by atoms with Crippen LogP contribution in [0.15, 0.2) is 24.3 Å². The van der Waals surface area contributed by atoms with Gasteiger partial charge in [0, 0.05) is 36.6 Å². The second kappa shape index (κ2) is 7.54. The zero-order chi connectivity index (χ0) is 18.0. The lowest BCUT2D eigenvalue weighted by Gasteiger charge is -2.32. The van der Waals surface area contributed by atoms with E-state index in [4.69, 9.17) is 11.6 Å². The predicted molar refractivity (Wildman–Crippen MR) is 97.7 cm³/mol. The Hall–Kier alpha value is -1.92. The van der Waals surface area contributed by atoms with Crippen molar-refractivity contribution in [1.82, 2.24) is 24.6 Å². The molecule has 2 heterocycles. The lowest BCUT2D eigenvalue weighted by atomic mass is 9.96. The third-order valence-corrected chi connectivity index (χ3v) is 4.87. The van der Waals surface area contributed by atoms with Crippen LogP contribution in [0.4, 0.5) is 0 Å². The molecule has 2 aromatic rings. The first kappa shape index (κ1) is 17.9. The zero-order valence-corrected chi connectivity index (χ0v) is 15.7. The lowest BCUT2D eigenvalue weighted by molar-refractivity contribution is 0.0703. The van der Waals surface area contributed by atoms with Gasteiger partial charge in [-0.3, -0.25) is 4.79 Å². The van der Waals surface area contributed by atoms with Gasteiger partial charge in [0.15, 0.2) is 0 Å². The summed E-state index contributed by atoms with van der Waals surface area (Å²) < 4.78 is 2.07. The number of likely N-dealkylation sites (tertiary alicyclic amines) is 1. The molecule has 1 atom stereocenters. The molecule has 1 amide bonds. The molecule has 1 aromatic heterocycles. The Morgan fingerprint density at radius 3 is 2.68 bits per heavy atom. The van der Waals surface area contributed by atoms with Crippen molar-refractivity contribution in [3.05, 3.63) is 46.5 Å². The van der Waals surface area contributed by atoms with Crippen LogP contribution in [0.1, 0.15) is 40.8 Å². The summed E-state index contributed by atoms with van der Waals surface area (Å²) in [5.41, 5.74) is 0.677. The summed E-state index contributed by atoms with van der Waals surface area (Å²) in [5.74, 6) is 2.18. The lowest BCUT2D eigenvalue weighted by Crippen LogP contribution is -2.39. The highest BCUT2D eigenvalue weighted by atomic mass is 35.5. The zero-order valence-electron chi connectivity index (χ0n) is 14.9. The molecule has 0 N–H and O–H groups in total. The van der Waals surface area contributed by atoms with Crippen molar-refractivity contribution in [3.8, 4) is 0 Å². The van der Waals surface area contributed by atoms with E-state index in [0.29, 0.717) is 17.1 Å². The highest BCUT2D eigenvalue weighted by Gasteiger charge is 2.28. The highest BCUT2D eigenvalue weighted by Crippen LogP contribution is 2.27. The van der Waals surface area contributed by atoms with E-state index >= 15 is 0 Å². The molecule has 3 rings (SSSR count). The Bertz CT molecular complexity index is 740. The maximum absolute atomic E-state index is 12.8. The summed E-state index contributed by atoms with van der Waals surface area (Å²) in [7, 11) is 6.04. The average Bonchev–Trinajstić information content (AvgIpc) is 2.95. The van der Waals surface area contributed by atoms with Crippen molar-refractivity contribution in [2.24, 2.45) is 7.05 Å². The quantitative estimate of drug-likeness (QED) is 0.839. The number of piperidine rings is 1. The monoisotopic (exact) mass is 361 g/mol. The Morgan fingerprint density at radius 2 is 2.00 bits per heavy atom. The fourth-order valence-corrected chi connectivity index (χ4v) is 3.42. The normalized spacial score (nSPS) is 18.0. The Kier molecular flexibility index (Phi) is 5.39. The summed E-state index contributed by atoms with van der Waals surface area (Å²) >= 11 is 5.91. The number of hydrogen-bond donors (Lipinski definition) is 0. The summed E-state index contributed by atoms with van der Waals surface area (Å²) in [6.45, 7) is 2.21. The van der Waals surface area contributed by atoms with Gasteiger partial charge in [-0.25, -0.2) is 0 Å². The molecule has 0 bridgehead atoms. The predicted octanol–water partition coefficient (Wildman–Crippen LogP) is 2.55. The maximum Gasteiger partial charge on any atom is 0.253 e. The Balaban J connectivity index is 1.74. The molecule has 0 unspecified atom stereocenters. The van der Waals surface area contributed by atoms with Gasteiger partial charge < -0.3 is 14.4 Å². The van der Waals surface area contributed by atoms with E-state index in [1.165, 1.54) is 0 Å². The number of carbonyl (C=O) groups is 1. The summed E-state index contributed by atoms with van der Waals surface area (Å²) in [6, 6.07) is 7.08. The van der Waals surface area contributed by atoms with Crippen molar-refractivity contribution in [3.63, 3.8) is 0 Å². The largest absolute Gasteiger partial charge is 0.338 e. The van der Waals surface area contributed by atoms with Crippen LogP contribution in [-0.2, 0) is 13.6 Å². The summed E-state index contributed by atoms with van der Waals surface area (Å²) in [4.78, 5) is 16.7. The van der Waals surface area contributed by atoms with Crippen LogP contribution in [0.5, 0.6) is 0 Å². The van der Waals surface area contributed by atoms with Gasteiger partial charge in [-0.2, -0.15) is 0 Å². The van der Waals surface area contributed by atoms with E-state index in [2.05, 4.69) is 19.7 Å². The van der Waals surface area contributed by atoms with Crippen molar-refractivity contribution >= 4 is 17.5 Å². The molecule has 6 nitrogen and oxygen atoms in total. The first-order chi connectivity index (χ1) is 12.0. The number of benzene rings is 1. The van der Waals surface area contributed by atoms with Crippen LogP contribution >= 0.6 is 11.6 Å². The smallest absolute Gasteiger partial charge is 0.253 e. The van der Waals surface area contributed by atoms with Gasteiger partial charge in [-0.1, -0.05) is 11.6 Å². The molecular weight excluding hydrogens is 338 g/mol. The van der Waals surface area contributed by atoms with Crippen molar-refractivity contribution in [2.75, 3.05) is 27.2 Å². The van der Waals surface area contributed by atoms with Crippen LogP contribution in [0.3, 0.4) is 0 Å². The number of halogens is 1. The number of amides is 1. The third-order valence-electron chi connectivity index (χ3n) is 4.62. The van der Waals surface area contributed by atoms with Gasteiger partial charge in [0.1, 0.15) is 11.6 Å². The Morgan fingerprint density at radius 1 is 1.28 bits per heavy atom. The molecule has 7 heteroatoms. The van der Waals surface area contributed by atoms with E-state index < -0.39 is 0 Å². The summed E-state index contributed by atoms with van der Waals surface area (Å²) in [6.07, 6.45) is 2.00. The molecule has 1 saturated heterocycles. The standard InChI is InChI=1S/C18H24ClN5O/c1-22(2)12-16-20-21-17(23(16)3)14-5-4-10-24(11-14)18(25)13-6-8-15(19)9-7-13/h6-9,14H,4-5,10-12H2,1-3H3/t14-/m1/s1. The summed E-state index contributed by atoms with van der Waals surface area (Å²) in [5, 5.41) is 9.36. The van der Waals surface area contributed by atoms with E-state index in [0.717, 1.165) is 37.6 Å². The van der Waals surface area contributed by atoms with Crippen LogP contribution in [-0.4, -0.2) is 57.7 Å². The number of aromatic nitrogens is 3. The highest BCUT2D eigenvalue weighted by molar-refractivity contribution is 6.30. The fraction of sp³-hybridized carbons (Fsp3) is 0.500. The van der Waals surface area contributed by atoms with Crippen LogP contribution < -0.4 is 0 Å². The molecule has 134 valence electrons. The van der Waals surface area contributed by atoms with Gasteiger partial charge in [0.25, 0.3) is 5.91 Å². The minimum absolute atomic E-state index is 0.0528. The van der Waals surface area contributed by atoms with E-state index in [1.54, 1.807) is 24.3 Å². The second-order valence-corrected chi connectivity index (χ2v) is 7.30. The Labute approximate surface area is 153 Å². The topological polar surface area (TPSA) is 54.3 Å². The molecule has 1 aliphatic heterocycles. The van der Waals surface area contributed by atoms with Gasteiger partial charge in [-0.05, 0) is 51.2 Å².